The van der Waals surface area contributed by atoms with Crippen molar-refractivity contribution in [2.24, 2.45) is 0 Å². The number of methoxy groups -OCH3 is 1. The van der Waals surface area contributed by atoms with Crippen molar-refractivity contribution in [3.05, 3.63) is 34.1 Å². The fraction of sp³-hybridized carbons (Fsp3) is 0.538. The summed E-state index contributed by atoms with van der Waals surface area (Å²) in [6, 6.07) is 5.17. The van der Waals surface area contributed by atoms with E-state index in [2.05, 4.69) is 34.7 Å². The highest BCUT2D eigenvalue weighted by Gasteiger charge is 2.13. The Morgan fingerprint density at radius 2 is 2.18 bits per heavy atom. The van der Waals surface area contributed by atoms with E-state index in [1.54, 1.807) is 7.11 Å². The summed E-state index contributed by atoms with van der Waals surface area (Å²) in [7, 11) is 1.71. The van der Waals surface area contributed by atoms with Gasteiger partial charge in [-0.15, -0.1) is 0 Å². The molecule has 1 unspecified atom stereocenters. The minimum Gasteiger partial charge on any atom is -0.383 e. The molecule has 0 aliphatic heterocycles. The maximum absolute atomic E-state index is 13.0. The molecule has 17 heavy (non-hydrogen) atoms. The minimum atomic E-state index is -0.214. The number of benzene rings is 1. The predicted octanol–water partition coefficient (Wildman–Crippen LogP) is 3.45. The first-order valence-corrected chi connectivity index (χ1v) is 6.54. The molecule has 0 bridgehead atoms. The van der Waals surface area contributed by atoms with Crippen LogP contribution in [0.3, 0.4) is 0 Å². The average Bonchev–Trinajstić information content (AvgIpc) is 2.28. The number of nitrogens with zero attached hydrogens (tertiary/aromatic N) is 1. The van der Waals surface area contributed by atoms with Crippen LogP contribution in [0.4, 0.5) is 4.39 Å². The first-order valence-electron chi connectivity index (χ1n) is 5.75. The van der Waals surface area contributed by atoms with E-state index < -0.39 is 0 Å². The average molecular weight is 304 g/mol. The van der Waals surface area contributed by atoms with Crippen molar-refractivity contribution in [1.82, 2.24) is 4.90 Å². The van der Waals surface area contributed by atoms with Crippen LogP contribution in [0.2, 0.25) is 0 Å². The van der Waals surface area contributed by atoms with Crippen LogP contribution in [0.25, 0.3) is 0 Å². The normalized spacial score (nSPS) is 13.1. The molecular weight excluding hydrogens is 285 g/mol. The van der Waals surface area contributed by atoms with Crippen LogP contribution < -0.4 is 0 Å². The number of hydrogen-bond donors (Lipinski definition) is 0. The van der Waals surface area contributed by atoms with Crippen LogP contribution >= 0.6 is 15.9 Å². The summed E-state index contributed by atoms with van der Waals surface area (Å²) in [5, 5.41) is 0. The quantitative estimate of drug-likeness (QED) is 0.798. The summed E-state index contributed by atoms with van der Waals surface area (Å²) in [6.07, 6.45) is 0. The number of hydrogen-bond acceptors (Lipinski definition) is 2. The molecule has 0 spiro atoms. The molecular formula is C13H19BrFNO. The molecule has 1 rings (SSSR count). The van der Waals surface area contributed by atoms with E-state index in [0.29, 0.717) is 12.6 Å². The van der Waals surface area contributed by atoms with E-state index >= 15 is 0 Å². The highest BCUT2D eigenvalue weighted by atomic mass is 79.9. The third kappa shape index (κ3) is 4.37. The zero-order chi connectivity index (χ0) is 12.8. The molecule has 4 heteroatoms. The van der Waals surface area contributed by atoms with Gasteiger partial charge in [-0.1, -0.05) is 28.9 Å². The van der Waals surface area contributed by atoms with E-state index in [-0.39, 0.29) is 5.82 Å². The van der Waals surface area contributed by atoms with Gasteiger partial charge < -0.3 is 4.74 Å². The molecule has 0 fully saturated rings. The monoisotopic (exact) mass is 303 g/mol. The molecule has 0 N–H and O–H groups in total. The van der Waals surface area contributed by atoms with Gasteiger partial charge in [0.25, 0.3) is 0 Å². The second-order valence-electron chi connectivity index (χ2n) is 4.10. The summed E-state index contributed by atoms with van der Waals surface area (Å²) in [5.41, 5.74) is 1.09. The predicted molar refractivity (Wildman–Crippen MR) is 71.5 cm³/mol. The minimum absolute atomic E-state index is 0.214. The number of likely N-dealkylation sites (N-methyl/N-ethyl adjacent to an activating group) is 1. The largest absolute Gasteiger partial charge is 0.383 e. The Labute approximate surface area is 111 Å². The van der Waals surface area contributed by atoms with Crippen LogP contribution in [0.15, 0.2) is 22.7 Å². The van der Waals surface area contributed by atoms with Crippen molar-refractivity contribution in [2.45, 2.75) is 26.4 Å². The van der Waals surface area contributed by atoms with Gasteiger partial charge in [0.05, 0.1) is 6.61 Å². The first kappa shape index (κ1) is 14.6. The molecule has 0 amide bonds. The first-order chi connectivity index (χ1) is 8.08. The lowest BCUT2D eigenvalue weighted by Crippen LogP contribution is -2.35. The van der Waals surface area contributed by atoms with Gasteiger partial charge in [0.2, 0.25) is 0 Å². The Hall–Kier alpha value is -0.450. The van der Waals surface area contributed by atoms with Crippen molar-refractivity contribution in [3.8, 4) is 0 Å². The van der Waals surface area contributed by atoms with Crippen molar-refractivity contribution in [3.63, 3.8) is 0 Å². The Morgan fingerprint density at radius 3 is 2.71 bits per heavy atom. The van der Waals surface area contributed by atoms with Crippen molar-refractivity contribution >= 4 is 15.9 Å². The standard InChI is InChI=1S/C13H19BrFNO/c1-4-16(10(2)9-17-3)8-11-5-6-12(15)7-13(11)14/h5-7,10H,4,8-9H2,1-3H3. The fourth-order valence-corrected chi connectivity index (χ4v) is 2.27. The second kappa shape index (κ2) is 7.09. The maximum atomic E-state index is 13.0. The Bertz CT molecular complexity index is 359. The molecule has 1 aromatic carbocycles. The van der Waals surface area contributed by atoms with Gasteiger partial charge in [-0.05, 0) is 31.2 Å². The second-order valence-corrected chi connectivity index (χ2v) is 4.96. The summed E-state index contributed by atoms with van der Waals surface area (Å²) < 4.78 is 19.0. The lowest BCUT2D eigenvalue weighted by molar-refractivity contribution is 0.0980. The van der Waals surface area contributed by atoms with E-state index in [9.17, 15) is 4.39 Å². The van der Waals surface area contributed by atoms with Gasteiger partial charge in [0.1, 0.15) is 5.82 Å². The third-order valence-corrected chi connectivity index (χ3v) is 3.56. The third-order valence-electron chi connectivity index (χ3n) is 2.83. The SMILES string of the molecule is CCN(Cc1ccc(F)cc1Br)C(C)COC. The van der Waals surface area contributed by atoms with E-state index in [0.717, 1.165) is 23.1 Å². The Balaban J connectivity index is 2.73. The molecule has 0 saturated heterocycles. The molecule has 0 aromatic heterocycles. The van der Waals surface area contributed by atoms with Crippen LogP contribution in [-0.4, -0.2) is 31.2 Å². The smallest absolute Gasteiger partial charge is 0.124 e. The molecule has 0 aliphatic carbocycles. The zero-order valence-corrected chi connectivity index (χ0v) is 12.1. The lowest BCUT2D eigenvalue weighted by atomic mass is 10.2. The topological polar surface area (TPSA) is 12.5 Å². The summed E-state index contributed by atoms with van der Waals surface area (Å²) in [5.74, 6) is -0.214. The van der Waals surface area contributed by atoms with Crippen molar-refractivity contribution in [2.75, 3.05) is 20.3 Å². The van der Waals surface area contributed by atoms with Gasteiger partial charge >= 0.3 is 0 Å². The molecule has 0 aliphatic rings. The van der Waals surface area contributed by atoms with Crippen LogP contribution in [0.1, 0.15) is 19.4 Å². The molecule has 96 valence electrons. The fourth-order valence-electron chi connectivity index (χ4n) is 1.79. The molecule has 0 saturated carbocycles. The molecule has 0 heterocycles. The van der Waals surface area contributed by atoms with E-state index in [4.69, 9.17) is 4.74 Å². The summed E-state index contributed by atoms with van der Waals surface area (Å²) in [4.78, 5) is 2.29. The molecule has 2 nitrogen and oxygen atoms in total. The van der Waals surface area contributed by atoms with E-state index in [1.807, 2.05) is 6.07 Å². The lowest BCUT2D eigenvalue weighted by Gasteiger charge is -2.27. The molecule has 1 aromatic rings. The Kier molecular flexibility index (Phi) is 6.09. The van der Waals surface area contributed by atoms with Gasteiger partial charge in [-0.25, -0.2) is 4.39 Å². The van der Waals surface area contributed by atoms with Crippen LogP contribution in [-0.2, 0) is 11.3 Å². The molecule has 1 atom stereocenters. The van der Waals surface area contributed by atoms with Gasteiger partial charge in [-0.3, -0.25) is 4.90 Å². The van der Waals surface area contributed by atoms with Gasteiger partial charge in [-0.2, -0.15) is 0 Å². The van der Waals surface area contributed by atoms with Crippen LogP contribution in [0, 0.1) is 5.82 Å². The number of rotatable bonds is 6. The highest BCUT2D eigenvalue weighted by Crippen LogP contribution is 2.20. The van der Waals surface area contributed by atoms with Gasteiger partial charge in [0.15, 0.2) is 0 Å². The Morgan fingerprint density at radius 1 is 1.47 bits per heavy atom. The maximum Gasteiger partial charge on any atom is 0.124 e. The summed E-state index contributed by atoms with van der Waals surface area (Å²) in [6.45, 7) is 6.68. The number of halogens is 2. The van der Waals surface area contributed by atoms with E-state index in [1.165, 1.54) is 12.1 Å². The molecule has 0 radical (unpaired) electrons. The number of ether oxygens (including phenoxy) is 1. The van der Waals surface area contributed by atoms with Crippen LogP contribution in [0.5, 0.6) is 0 Å². The van der Waals surface area contributed by atoms with Crippen molar-refractivity contribution < 1.29 is 9.13 Å². The van der Waals surface area contributed by atoms with Gasteiger partial charge in [0, 0.05) is 24.2 Å². The zero-order valence-electron chi connectivity index (χ0n) is 10.5. The summed E-state index contributed by atoms with van der Waals surface area (Å²) >= 11 is 3.39. The highest BCUT2D eigenvalue weighted by molar-refractivity contribution is 9.10. The van der Waals surface area contributed by atoms with Crippen molar-refractivity contribution in [1.29, 1.82) is 0 Å².